The number of hydrogen-bond donors (Lipinski definition) is 1. The van der Waals surface area contributed by atoms with Crippen molar-refractivity contribution in [1.29, 1.82) is 0 Å². The van der Waals surface area contributed by atoms with Gasteiger partial charge in [0.05, 0.1) is 36.3 Å². The van der Waals surface area contributed by atoms with Crippen molar-refractivity contribution in [2.24, 2.45) is 0 Å². The monoisotopic (exact) mass is 381 g/mol. The molecule has 1 aliphatic heterocycles. The molecule has 3 aromatic heterocycles. The minimum absolute atomic E-state index is 0.00850. The molecular formula is C20H23N5O3. The molecule has 0 unspecified atom stereocenters. The number of hydrogen-bond acceptors (Lipinski definition) is 7. The first kappa shape index (κ1) is 18.4. The zero-order valence-corrected chi connectivity index (χ0v) is 15.8. The smallest absolute Gasteiger partial charge is 0.234 e. The van der Waals surface area contributed by atoms with Crippen LogP contribution < -0.4 is 5.32 Å². The zero-order chi connectivity index (χ0) is 19.3. The zero-order valence-electron chi connectivity index (χ0n) is 15.8. The number of furan rings is 1. The fourth-order valence-electron chi connectivity index (χ4n) is 3.62. The number of nitrogens with zero attached hydrogens (tertiary/aromatic N) is 4. The highest BCUT2D eigenvalue weighted by atomic mass is 16.5. The van der Waals surface area contributed by atoms with Gasteiger partial charge < -0.3 is 14.3 Å². The van der Waals surface area contributed by atoms with Crippen LogP contribution in [0.1, 0.15) is 35.9 Å². The fourth-order valence-corrected chi connectivity index (χ4v) is 3.62. The molecule has 1 N–H and O–H groups in total. The lowest BCUT2D eigenvalue weighted by Crippen LogP contribution is -2.42. The predicted molar refractivity (Wildman–Crippen MR) is 101 cm³/mol. The third-order valence-corrected chi connectivity index (χ3v) is 4.94. The third kappa shape index (κ3) is 4.28. The summed E-state index contributed by atoms with van der Waals surface area (Å²) >= 11 is 0. The highest BCUT2D eigenvalue weighted by molar-refractivity contribution is 5.78. The minimum Gasteiger partial charge on any atom is -0.467 e. The molecule has 0 aromatic carbocycles. The first-order valence-corrected chi connectivity index (χ1v) is 9.44. The third-order valence-electron chi connectivity index (χ3n) is 4.94. The largest absolute Gasteiger partial charge is 0.467 e. The number of carbonyl (C=O) groups is 1. The predicted octanol–water partition coefficient (Wildman–Crippen LogP) is 2.53. The molecule has 0 bridgehead atoms. The molecule has 28 heavy (non-hydrogen) atoms. The summed E-state index contributed by atoms with van der Waals surface area (Å²) in [6.45, 7) is 4.32. The van der Waals surface area contributed by atoms with Crippen LogP contribution in [0, 0.1) is 6.92 Å². The van der Waals surface area contributed by atoms with E-state index in [1.54, 1.807) is 18.8 Å². The first-order chi connectivity index (χ1) is 13.7. The quantitative estimate of drug-likeness (QED) is 0.701. The SMILES string of the molecule is Cc1cc(-c2cncnc2[C@@H]2CCCN(CC(=O)NCc3ccco3)C2)on1. The minimum atomic E-state index is -0.00850. The van der Waals surface area contributed by atoms with E-state index in [9.17, 15) is 4.79 Å². The number of piperidine rings is 1. The number of carbonyl (C=O) groups excluding carboxylic acids is 1. The molecule has 4 heterocycles. The van der Waals surface area contributed by atoms with Crippen LogP contribution in [0.5, 0.6) is 0 Å². The number of amides is 1. The summed E-state index contributed by atoms with van der Waals surface area (Å²) in [5, 5.41) is 6.88. The van der Waals surface area contributed by atoms with Gasteiger partial charge in [0.15, 0.2) is 5.76 Å². The van der Waals surface area contributed by atoms with E-state index in [0.29, 0.717) is 18.8 Å². The molecular weight excluding hydrogens is 358 g/mol. The number of aryl methyl sites for hydroxylation is 1. The van der Waals surface area contributed by atoms with Gasteiger partial charge in [-0.15, -0.1) is 0 Å². The Bertz CT molecular complexity index is 922. The van der Waals surface area contributed by atoms with E-state index in [0.717, 1.165) is 48.6 Å². The van der Waals surface area contributed by atoms with Crippen molar-refractivity contribution in [3.05, 3.63) is 54.1 Å². The van der Waals surface area contributed by atoms with E-state index in [-0.39, 0.29) is 11.8 Å². The maximum absolute atomic E-state index is 12.3. The van der Waals surface area contributed by atoms with E-state index in [1.165, 1.54) is 0 Å². The van der Waals surface area contributed by atoms with Crippen LogP contribution in [0.2, 0.25) is 0 Å². The van der Waals surface area contributed by atoms with Crippen LogP contribution in [-0.4, -0.2) is 45.6 Å². The van der Waals surface area contributed by atoms with Gasteiger partial charge >= 0.3 is 0 Å². The van der Waals surface area contributed by atoms with Gasteiger partial charge in [0, 0.05) is 24.7 Å². The Morgan fingerprint density at radius 3 is 3.14 bits per heavy atom. The van der Waals surface area contributed by atoms with Crippen molar-refractivity contribution in [1.82, 2.24) is 25.3 Å². The number of nitrogens with one attached hydrogen (secondary N) is 1. The second-order valence-corrected chi connectivity index (χ2v) is 7.08. The molecule has 1 aliphatic rings. The highest BCUT2D eigenvalue weighted by Crippen LogP contribution is 2.32. The van der Waals surface area contributed by atoms with Gasteiger partial charge in [-0.05, 0) is 38.4 Å². The van der Waals surface area contributed by atoms with E-state index in [2.05, 4.69) is 25.3 Å². The maximum Gasteiger partial charge on any atom is 0.234 e. The fraction of sp³-hybridized carbons (Fsp3) is 0.400. The summed E-state index contributed by atoms with van der Waals surface area (Å²) in [4.78, 5) is 23.2. The van der Waals surface area contributed by atoms with Crippen molar-refractivity contribution in [2.75, 3.05) is 19.6 Å². The topological polar surface area (TPSA) is 97.3 Å². The van der Waals surface area contributed by atoms with Crippen molar-refractivity contribution in [3.63, 3.8) is 0 Å². The van der Waals surface area contributed by atoms with E-state index in [4.69, 9.17) is 8.94 Å². The van der Waals surface area contributed by atoms with E-state index < -0.39 is 0 Å². The van der Waals surface area contributed by atoms with E-state index in [1.807, 2.05) is 25.1 Å². The molecule has 0 saturated carbocycles. The molecule has 0 spiro atoms. The van der Waals surface area contributed by atoms with Crippen LogP contribution in [0.15, 0.2) is 45.9 Å². The molecule has 1 saturated heterocycles. The second kappa shape index (κ2) is 8.35. The van der Waals surface area contributed by atoms with Crippen molar-refractivity contribution >= 4 is 5.91 Å². The Kier molecular flexibility index (Phi) is 5.48. The van der Waals surface area contributed by atoms with Crippen LogP contribution in [0.25, 0.3) is 11.3 Å². The average molecular weight is 381 g/mol. The summed E-state index contributed by atoms with van der Waals surface area (Å²) in [7, 11) is 0. The molecule has 146 valence electrons. The first-order valence-electron chi connectivity index (χ1n) is 9.44. The Morgan fingerprint density at radius 1 is 1.43 bits per heavy atom. The van der Waals surface area contributed by atoms with Crippen LogP contribution in [-0.2, 0) is 11.3 Å². The van der Waals surface area contributed by atoms with Gasteiger partial charge in [-0.3, -0.25) is 9.69 Å². The van der Waals surface area contributed by atoms with Crippen LogP contribution in [0.3, 0.4) is 0 Å². The van der Waals surface area contributed by atoms with Gasteiger partial charge in [0.25, 0.3) is 0 Å². The molecule has 1 fully saturated rings. The summed E-state index contributed by atoms with van der Waals surface area (Å²) in [6.07, 6.45) is 6.97. The lowest BCUT2D eigenvalue weighted by molar-refractivity contribution is -0.122. The lowest BCUT2D eigenvalue weighted by atomic mass is 9.91. The Balaban J connectivity index is 1.41. The molecule has 8 heteroatoms. The van der Waals surface area contributed by atoms with Crippen molar-refractivity contribution in [3.8, 4) is 11.3 Å². The van der Waals surface area contributed by atoms with Gasteiger partial charge in [-0.1, -0.05) is 5.16 Å². The number of likely N-dealkylation sites (tertiary alicyclic amines) is 1. The van der Waals surface area contributed by atoms with E-state index >= 15 is 0 Å². The van der Waals surface area contributed by atoms with Crippen molar-refractivity contribution in [2.45, 2.75) is 32.2 Å². The van der Waals surface area contributed by atoms with Crippen molar-refractivity contribution < 1.29 is 13.7 Å². The number of rotatable bonds is 6. The van der Waals surface area contributed by atoms with Gasteiger partial charge in [-0.2, -0.15) is 0 Å². The Labute approximate surface area is 162 Å². The molecule has 3 aromatic rings. The van der Waals surface area contributed by atoms with Gasteiger partial charge in [-0.25, -0.2) is 9.97 Å². The van der Waals surface area contributed by atoms with Gasteiger partial charge in [0.2, 0.25) is 5.91 Å². The maximum atomic E-state index is 12.3. The standard InChI is InChI=1S/C20H23N5O3/c1-14-8-18(28-24-14)17-10-21-13-23-20(17)15-4-2-6-25(11-15)12-19(26)22-9-16-5-3-7-27-16/h3,5,7-8,10,13,15H,2,4,6,9,11-12H2,1H3,(H,22,26)/t15-/m1/s1. The lowest BCUT2D eigenvalue weighted by Gasteiger charge is -2.32. The molecule has 1 atom stereocenters. The van der Waals surface area contributed by atoms with Gasteiger partial charge in [0.1, 0.15) is 12.1 Å². The Morgan fingerprint density at radius 2 is 2.36 bits per heavy atom. The normalized spacial score (nSPS) is 17.5. The van der Waals surface area contributed by atoms with Crippen LogP contribution in [0.4, 0.5) is 0 Å². The number of aromatic nitrogens is 3. The Hall–Kier alpha value is -3.00. The summed E-state index contributed by atoms with van der Waals surface area (Å²) < 4.78 is 10.7. The summed E-state index contributed by atoms with van der Waals surface area (Å²) in [6, 6.07) is 5.55. The molecule has 0 radical (unpaired) electrons. The second-order valence-electron chi connectivity index (χ2n) is 7.08. The summed E-state index contributed by atoms with van der Waals surface area (Å²) in [5.41, 5.74) is 2.65. The molecule has 1 amide bonds. The summed E-state index contributed by atoms with van der Waals surface area (Å²) in [5.74, 6) is 1.64. The highest BCUT2D eigenvalue weighted by Gasteiger charge is 2.27. The molecule has 8 nitrogen and oxygen atoms in total. The molecule has 4 rings (SSSR count). The van der Waals surface area contributed by atoms with Crippen LogP contribution >= 0.6 is 0 Å². The average Bonchev–Trinajstić information content (AvgIpc) is 3.38. The molecule has 0 aliphatic carbocycles.